The molecule has 0 bridgehead atoms. The largest absolute Gasteiger partial charge is 0.416 e. The van der Waals surface area contributed by atoms with Gasteiger partial charge in [-0.1, -0.05) is 48.5 Å². The van der Waals surface area contributed by atoms with Gasteiger partial charge >= 0.3 is 12.4 Å². The zero-order chi connectivity index (χ0) is 27.7. The molecule has 0 spiro atoms. The zero-order valence-corrected chi connectivity index (χ0v) is 19.9. The lowest BCUT2D eigenvalue weighted by atomic mass is 10.0. The predicted octanol–water partition coefficient (Wildman–Crippen LogP) is 5.61. The summed E-state index contributed by atoms with van der Waals surface area (Å²) < 4.78 is 79.3. The number of likely N-dealkylation sites (N-methyl/N-ethyl adjacent to an activating group) is 1. The van der Waals surface area contributed by atoms with Gasteiger partial charge < -0.3 is 10.2 Å². The van der Waals surface area contributed by atoms with Gasteiger partial charge in [0.1, 0.15) is 0 Å². The fourth-order valence-electron chi connectivity index (χ4n) is 4.19. The van der Waals surface area contributed by atoms with Gasteiger partial charge in [0.2, 0.25) is 12.1 Å². The number of fused-ring (bicyclic) bond motifs is 1. The Morgan fingerprint density at radius 1 is 0.895 bits per heavy atom. The Labute approximate surface area is 213 Å². The molecule has 1 N–H and O–H groups in total. The minimum Gasteiger partial charge on any atom is -0.326 e. The summed E-state index contributed by atoms with van der Waals surface area (Å²) in [6.45, 7) is 1.95. The van der Waals surface area contributed by atoms with E-state index in [4.69, 9.17) is 0 Å². The lowest BCUT2D eigenvalue weighted by molar-refractivity contribution is -0.143. The number of rotatable bonds is 5. The molecular formula is C27H21F6N3O2. The van der Waals surface area contributed by atoms with E-state index in [1.54, 1.807) is 61.5 Å². The van der Waals surface area contributed by atoms with Crippen molar-refractivity contribution in [3.8, 4) is 0 Å². The fourth-order valence-corrected chi connectivity index (χ4v) is 4.19. The van der Waals surface area contributed by atoms with Gasteiger partial charge in [-0.15, -0.1) is 0 Å². The minimum atomic E-state index is -5.05. The second kappa shape index (κ2) is 10.3. The van der Waals surface area contributed by atoms with E-state index in [9.17, 15) is 35.9 Å². The molecule has 0 aromatic heterocycles. The van der Waals surface area contributed by atoms with Crippen LogP contribution < -0.4 is 10.2 Å². The number of nitrogens with one attached hydrogen (secondary N) is 1. The predicted molar refractivity (Wildman–Crippen MR) is 129 cm³/mol. The summed E-state index contributed by atoms with van der Waals surface area (Å²) in [6.07, 6.45) is -12.4. The highest BCUT2D eigenvalue weighted by Crippen LogP contribution is 2.36. The lowest BCUT2D eigenvalue weighted by Gasteiger charge is -2.24. The van der Waals surface area contributed by atoms with E-state index in [0.29, 0.717) is 34.7 Å². The third kappa shape index (κ3) is 5.71. The number of halogens is 6. The highest BCUT2D eigenvalue weighted by Gasteiger charge is 2.37. The second-order valence-corrected chi connectivity index (χ2v) is 8.50. The second-order valence-electron chi connectivity index (χ2n) is 8.50. The number of benzodiazepines with no additional fused rings is 1. The van der Waals surface area contributed by atoms with Crippen LogP contribution in [0.25, 0.3) is 0 Å². The average Bonchev–Trinajstić information content (AvgIpc) is 2.97. The maximum Gasteiger partial charge on any atom is 0.416 e. The standard InChI is InChI=1S/C27H21F6N3O2/c1-2-36-21-11-7-6-10-20(21)23(17-8-4-3-5-9-17)35-24(25(36)38)34-22(37)14-16-12-18(26(28,29)30)15-19(13-16)27(31,32)33/h3-13,15,24H,2,14H2,1H3,(H,34,37)/t24-/m1/s1. The van der Waals surface area contributed by atoms with E-state index < -0.39 is 53.4 Å². The summed E-state index contributed by atoms with van der Waals surface area (Å²) in [7, 11) is 0. The number of alkyl halides is 6. The van der Waals surface area contributed by atoms with Crippen LogP contribution in [0.1, 0.15) is 34.7 Å². The van der Waals surface area contributed by atoms with E-state index >= 15 is 0 Å². The molecule has 0 radical (unpaired) electrons. The van der Waals surface area contributed by atoms with Crippen LogP contribution >= 0.6 is 0 Å². The van der Waals surface area contributed by atoms with Gasteiger partial charge in [0, 0.05) is 17.7 Å². The van der Waals surface area contributed by atoms with Gasteiger partial charge in [-0.3, -0.25) is 9.59 Å². The lowest BCUT2D eigenvalue weighted by Crippen LogP contribution is -2.47. The molecule has 1 heterocycles. The van der Waals surface area contributed by atoms with E-state index in [1.165, 1.54) is 4.90 Å². The number of nitrogens with zero attached hydrogens (tertiary/aromatic N) is 2. The summed E-state index contributed by atoms with van der Waals surface area (Å²) in [5.41, 5.74) is -1.35. The van der Waals surface area contributed by atoms with Crippen molar-refractivity contribution in [1.82, 2.24) is 5.32 Å². The molecule has 0 aliphatic carbocycles. The Balaban J connectivity index is 1.70. The van der Waals surface area contributed by atoms with E-state index in [0.717, 1.165) is 0 Å². The number of benzene rings is 3. The fraction of sp³-hybridized carbons (Fsp3) is 0.222. The molecule has 3 aromatic rings. The van der Waals surface area contributed by atoms with Crippen molar-refractivity contribution in [2.75, 3.05) is 11.4 Å². The zero-order valence-electron chi connectivity index (χ0n) is 19.9. The summed E-state index contributed by atoms with van der Waals surface area (Å²) >= 11 is 0. The van der Waals surface area contributed by atoms with E-state index in [-0.39, 0.29) is 12.6 Å². The van der Waals surface area contributed by atoms with Crippen LogP contribution in [0.3, 0.4) is 0 Å². The molecule has 198 valence electrons. The van der Waals surface area contributed by atoms with Crippen LogP contribution in [-0.4, -0.2) is 30.2 Å². The smallest absolute Gasteiger partial charge is 0.326 e. The van der Waals surface area contributed by atoms with Crippen LogP contribution in [0, 0.1) is 0 Å². The average molecular weight is 533 g/mol. The number of hydrogen-bond acceptors (Lipinski definition) is 3. The number of anilines is 1. The van der Waals surface area contributed by atoms with Gasteiger partial charge in [-0.05, 0) is 36.8 Å². The first kappa shape index (κ1) is 26.9. The molecule has 2 amide bonds. The Bertz CT molecular complexity index is 1350. The molecule has 38 heavy (non-hydrogen) atoms. The van der Waals surface area contributed by atoms with Crippen molar-refractivity contribution in [2.24, 2.45) is 4.99 Å². The maximum absolute atomic E-state index is 13.4. The summed E-state index contributed by atoms with van der Waals surface area (Å²) in [5.74, 6) is -1.56. The van der Waals surface area contributed by atoms with Gasteiger partial charge in [0.05, 0.1) is 28.9 Å². The Morgan fingerprint density at radius 2 is 1.47 bits per heavy atom. The minimum absolute atomic E-state index is 0.0109. The van der Waals surface area contributed by atoms with Crippen molar-refractivity contribution < 1.29 is 35.9 Å². The van der Waals surface area contributed by atoms with Crippen molar-refractivity contribution in [1.29, 1.82) is 0 Å². The van der Waals surface area contributed by atoms with Crippen molar-refractivity contribution >= 4 is 23.2 Å². The van der Waals surface area contributed by atoms with E-state index in [2.05, 4.69) is 10.3 Å². The molecular weight excluding hydrogens is 512 g/mol. The topological polar surface area (TPSA) is 61.8 Å². The molecule has 3 aromatic carbocycles. The van der Waals surface area contributed by atoms with Gasteiger partial charge in [0.25, 0.3) is 5.91 Å². The molecule has 0 unspecified atom stereocenters. The first-order chi connectivity index (χ1) is 17.9. The monoisotopic (exact) mass is 533 g/mol. The highest BCUT2D eigenvalue weighted by atomic mass is 19.4. The molecule has 1 aliphatic rings. The third-order valence-corrected chi connectivity index (χ3v) is 5.88. The van der Waals surface area contributed by atoms with E-state index in [1.807, 2.05) is 0 Å². The van der Waals surface area contributed by atoms with Crippen molar-refractivity contribution in [3.63, 3.8) is 0 Å². The Kier molecular flexibility index (Phi) is 7.30. The van der Waals surface area contributed by atoms with Crippen LogP contribution in [0.4, 0.5) is 32.0 Å². The molecule has 5 nitrogen and oxygen atoms in total. The number of carbonyl (C=O) groups is 2. The van der Waals surface area contributed by atoms with Crippen LogP contribution in [0.5, 0.6) is 0 Å². The van der Waals surface area contributed by atoms with Crippen LogP contribution in [0.15, 0.2) is 77.8 Å². The van der Waals surface area contributed by atoms with Crippen LogP contribution in [-0.2, 0) is 28.4 Å². The summed E-state index contributed by atoms with van der Waals surface area (Å²) in [6, 6.07) is 16.8. The molecule has 11 heteroatoms. The number of para-hydroxylation sites is 1. The summed E-state index contributed by atoms with van der Waals surface area (Å²) in [5, 5.41) is 2.39. The van der Waals surface area contributed by atoms with Gasteiger partial charge in [-0.2, -0.15) is 26.3 Å². The highest BCUT2D eigenvalue weighted by molar-refractivity contribution is 6.20. The molecule has 1 atom stereocenters. The first-order valence-electron chi connectivity index (χ1n) is 11.5. The normalized spacial score (nSPS) is 16.0. The molecule has 1 aliphatic heterocycles. The third-order valence-electron chi connectivity index (χ3n) is 5.88. The number of aliphatic imine (C=N–C) groups is 1. The molecule has 0 saturated heterocycles. The Hall–Kier alpha value is -4.15. The number of hydrogen-bond donors (Lipinski definition) is 1. The first-order valence-corrected chi connectivity index (χ1v) is 11.5. The number of amides is 2. The van der Waals surface area contributed by atoms with Gasteiger partial charge in [0.15, 0.2) is 0 Å². The van der Waals surface area contributed by atoms with Gasteiger partial charge in [-0.25, -0.2) is 4.99 Å². The number of carbonyl (C=O) groups excluding carboxylic acids is 2. The van der Waals surface area contributed by atoms with Crippen molar-refractivity contribution in [3.05, 3.63) is 101 Å². The maximum atomic E-state index is 13.4. The molecule has 0 fully saturated rings. The van der Waals surface area contributed by atoms with Crippen molar-refractivity contribution in [2.45, 2.75) is 31.9 Å². The Morgan fingerprint density at radius 3 is 2.05 bits per heavy atom. The summed E-state index contributed by atoms with van der Waals surface area (Å²) in [4.78, 5) is 32.1. The quantitative estimate of drug-likeness (QED) is 0.434. The molecule has 4 rings (SSSR count). The SMILES string of the molecule is CCN1C(=O)[C@H](NC(=O)Cc2cc(C(F)(F)F)cc(C(F)(F)F)c2)N=C(c2ccccc2)c2ccccc21. The molecule has 0 saturated carbocycles. The van der Waals surface area contributed by atoms with Crippen LogP contribution in [0.2, 0.25) is 0 Å².